The molecule has 1 aliphatic heterocycles. The number of nitrogens with zero attached hydrogens (tertiary/aromatic N) is 2. The lowest BCUT2D eigenvalue weighted by Crippen LogP contribution is -2.50. The van der Waals surface area contributed by atoms with Gasteiger partial charge in [-0.05, 0) is 53.0 Å². The molecule has 1 aliphatic carbocycles. The van der Waals surface area contributed by atoms with Gasteiger partial charge in [0, 0.05) is 31.3 Å². The molecule has 4 heteroatoms. The average molecular weight is 265 g/mol. The van der Waals surface area contributed by atoms with E-state index in [0.717, 1.165) is 32.5 Å². The van der Waals surface area contributed by atoms with Crippen LogP contribution < -0.4 is 5.32 Å². The normalized spacial score (nSPS) is 25.8. The SMILES string of the molecule is CC(CC(C)(C#N)NC1CC1)N(C)C1CCOCC1. The van der Waals surface area contributed by atoms with Crippen LogP contribution in [0.4, 0.5) is 0 Å². The van der Waals surface area contributed by atoms with Gasteiger partial charge in [0.15, 0.2) is 0 Å². The first-order valence-electron chi connectivity index (χ1n) is 7.53. The van der Waals surface area contributed by atoms with Crippen molar-refractivity contribution < 1.29 is 4.74 Å². The van der Waals surface area contributed by atoms with Crippen LogP contribution in [0.2, 0.25) is 0 Å². The molecule has 2 atom stereocenters. The van der Waals surface area contributed by atoms with E-state index < -0.39 is 0 Å². The standard InChI is InChI=1S/C15H27N3O/c1-12(18(3)14-6-8-19-9-7-14)10-15(2,11-16)17-13-4-5-13/h12-14,17H,4-10H2,1-3H3. The second-order valence-corrected chi connectivity index (χ2v) is 6.42. The molecule has 0 amide bonds. The van der Waals surface area contributed by atoms with Gasteiger partial charge in [-0.25, -0.2) is 0 Å². The molecular weight excluding hydrogens is 238 g/mol. The van der Waals surface area contributed by atoms with Crippen molar-refractivity contribution in [2.45, 2.75) is 69.6 Å². The Kier molecular flexibility index (Phi) is 4.83. The highest BCUT2D eigenvalue weighted by molar-refractivity contribution is 5.08. The van der Waals surface area contributed by atoms with E-state index in [-0.39, 0.29) is 5.54 Å². The molecule has 1 N–H and O–H groups in total. The summed E-state index contributed by atoms with van der Waals surface area (Å²) in [7, 11) is 2.19. The second-order valence-electron chi connectivity index (χ2n) is 6.42. The highest BCUT2D eigenvalue weighted by Crippen LogP contribution is 2.26. The minimum atomic E-state index is -0.389. The molecule has 108 valence electrons. The molecule has 19 heavy (non-hydrogen) atoms. The Bertz CT molecular complexity index is 331. The van der Waals surface area contributed by atoms with Crippen molar-refractivity contribution in [3.05, 3.63) is 0 Å². The predicted octanol–water partition coefficient (Wildman–Crippen LogP) is 1.91. The summed E-state index contributed by atoms with van der Waals surface area (Å²) < 4.78 is 5.42. The van der Waals surface area contributed by atoms with Gasteiger partial charge in [-0.1, -0.05) is 0 Å². The Hall–Kier alpha value is -0.630. The highest BCUT2D eigenvalue weighted by Gasteiger charge is 2.35. The summed E-state index contributed by atoms with van der Waals surface area (Å²) in [6.45, 7) is 6.02. The fourth-order valence-electron chi connectivity index (χ4n) is 3.00. The quantitative estimate of drug-likeness (QED) is 0.797. The molecule has 1 saturated carbocycles. The summed E-state index contributed by atoms with van der Waals surface area (Å²) in [6.07, 6.45) is 5.55. The van der Waals surface area contributed by atoms with E-state index in [1.54, 1.807) is 0 Å². The van der Waals surface area contributed by atoms with Gasteiger partial charge >= 0.3 is 0 Å². The van der Waals surface area contributed by atoms with E-state index in [1.807, 2.05) is 6.92 Å². The molecule has 2 aliphatic rings. The van der Waals surface area contributed by atoms with Gasteiger partial charge in [0.05, 0.1) is 6.07 Å². The van der Waals surface area contributed by atoms with Crippen molar-refractivity contribution in [3.8, 4) is 6.07 Å². The monoisotopic (exact) mass is 265 g/mol. The second kappa shape index (κ2) is 6.21. The largest absolute Gasteiger partial charge is 0.381 e. The van der Waals surface area contributed by atoms with Crippen LogP contribution in [0.15, 0.2) is 0 Å². The predicted molar refractivity (Wildman–Crippen MR) is 75.9 cm³/mol. The summed E-state index contributed by atoms with van der Waals surface area (Å²) in [6, 6.07) is 4.07. The molecule has 1 saturated heterocycles. The average Bonchev–Trinajstić information content (AvgIpc) is 3.22. The fourth-order valence-corrected chi connectivity index (χ4v) is 3.00. The number of ether oxygens (including phenoxy) is 1. The van der Waals surface area contributed by atoms with Crippen LogP contribution in [0.3, 0.4) is 0 Å². The molecule has 2 fully saturated rings. The number of nitrogens with one attached hydrogen (secondary N) is 1. The molecule has 2 rings (SSSR count). The molecule has 0 aromatic rings. The zero-order chi connectivity index (χ0) is 13.9. The van der Waals surface area contributed by atoms with E-state index in [0.29, 0.717) is 18.1 Å². The van der Waals surface area contributed by atoms with Gasteiger partial charge in [0.25, 0.3) is 0 Å². The summed E-state index contributed by atoms with van der Waals surface area (Å²) >= 11 is 0. The van der Waals surface area contributed by atoms with Gasteiger partial charge in [0.1, 0.15) is 5.54 Å². The molecule has 1 heterocycles. The van der Waals surface area contributed by atoms with Gasteiger partial charge in [-0.3, -0.25) is 5.32 Å². The minimum absolute atomic E-state index is 0.389. The third-order valence-corrected chi connectivity index (χ3v) is 4.51. The van der Waals surface area contributed by atoms with Gasteiger partial charge in [0.2, 0.25) is 0 Å². The summed E-state index contributed by atoms with van der Waals surface area (Å²) in [4.78, 5) is 2.44. The maximum Gasteiger partial charge on any atom is 0.105 e. The van der Waals surface area contributed by atoms with Crippen LogP contribution in [0, 0.1) is 11.3 Å². The van der Waals surface area contributed by atoms with Crippen molar-refractivity contribution in [1.82, 2.24) is 10.2 Å². The van der Waals surface area contributed by atoms with Crippen LogP contribution in [0.25, 0.3) is 0 Å². The zero-order valence-electron chi connectivity index (χ0n) is 12.5. The Morgan fingerprint density at radius 3 is 2.53 bits per heavy atom. The molecule has 2 unspecified atom stereocenters. The van der Waals surface area contributed by atoms with Gasteiger partial charge in [-0.2, -0.15) is 5.26 Å². The van der Waals surface area contributed by atoms with Gasteiger partial charge < -0.3 is 9.64 Å². The fraction of sp³-hybridized carbons (Fsp3) is 0.933. The maximum atomic E-state index is 9.45. The molecule has 4 nitrogen and oxygen atoms in total. The Balaban J connectivity index is 1.86. The minimum Gasteiger partial charge on any atom is -0.381 e. The van der Waals surface area contributed by atoms with Crippen LogP contribution in [-0.2, 0) is 4.74 Å². The third-order valence-electron chi connectivity index (χ3n) is 4.51. The van der Waals surface area contributed by atoms with Crippen molar-refractivity contribution in [1.29, 1.82) is 5.26 Å². The first-order valence-corrected chi connectivity index (χ1v) is 7.53. The highest BCUT2D eigenvalue weighted by atomic mass is 16.5. The Morgan fingerprint density at radius 1 is 1.37 bits per heavy atom. The van der Waals surface area contributed by atoms with Crippen molar-refractivity contribution in [3.63, 3.8) is 0 Å². The lowest BCUT2D eigenvalue weighted by atomic mass is 9.93. The molecule has 0 spiro atoms. The molecule has 0 aromatic heterocycles. The van der Waals surface area contributed by atoms with E-state index in [2.05, 4.69) is 30.3 Å². The Morgan fingerprint density at radius 2 is 2.00 bits per heavy atom. The number of nitriles is 1. The summed E-state index contributed by atoms with van der Waals surface area (Å²) in [5, 5.41) is 12.9. The molecule has 0 radical (unpaired) electrons. The smallest absolute Gasteiger partial charge is 0.105 e. The van der Waals surface area contributed by atoms with Crippen molar-refractivity contribution in [2.24, 2.45) is 0 Å². The first kappa shape index (κ1) is 14.8. The molecule has 0 bridgehead atoms. The zero-order valence-corrected chi connectivity index (χ0v) is 12.5. The van der Waals surface area contributed by atoms with E-state index in [9.17, 15) is 5.26 Å². The van der Waals surface area contributed by atoms with E-state index in [1.165, 1.54) is 12.8 Å². The number of hydrogen-bond donors (Lipinski definition) is 1. The van der Waals surface area contributed by atoms with Crippen molar-refractivity contribution in [2.75, 3.05) is 20.3 Å². The number of hydrogen-bond acceptors (Lipinski definition) is 4. The van der Waals surface area contributed by atoms with E-state index >= 15 is 0 Å². The summed E-state index contributed by atoms with van der Waals surface area (Å²) in [5.74, 6) is 0. The molecular formula is C15H27N3O. The topological polar surface area (TPSA) is 48.3 Å². The van der Waals surface area contributed by atoms with Crippen molar-refractivity contribution >= 4 is 0 Å². The van der Waals surface area contributed by atoms with E-state index in [4.69, 9.17) is 4.74 Å². The lowest BCUT2D eigenvalue weighted by Gasteiger charge is -2.38. The van der Waals surface area contributed by atoms with Crippen LogP contribution >= 0.6 is 0 Å². The third kappa shape index (κ3) is 4.17. The number of rotatable bonds is 6. The lowest BCUT2D eigenvalue weighted by molar-refractivity contribution is 0.0271. The van der Waals surface area contributed by atoms with Crippen LogP contribution in [0.1, 0.15) is 46.0 Å². The first-order chi connectivity index (χ1) is 9.04. The Labute approximate surface area is 117 Å². The maximum absolute atomic E-state index is 9.45. The molecule has 0 aromatic carbocycles. The van der Waals surface area contributed by atoms with Crippen LogP contribution in [-0.4, -0.2) is 48.8 Å². The van der Waals surface area contributed by atoms with Crippen LogP contribution in [0.5, 0.6) is 0 Å². The van der Waals surface area contributed by atoms with Gasteiger partial charge in [-0.15, -0.1) is 0 Å². The summed E-state index contributed by atoms with van der Waals surface area (Å²) in [5.41, 5.74) is -0.389.